The SMILES string of the molecule is COC(=O)c1ccc(-c2cccc(C(=O)O)c2C(=O)OC)cc1C(=O)O. The van der Waals surface area contributed by atoms with Gasteiger partial charge >= 0.3 is 23.9 Å². The van der Waals surface area contributed by atoms with Crippen LogP contribution < -0.4 is 0 Å². The third-order valence-corrected chi connectivity index (χ3v) is 3.65. The van der Waals surface area contributed by atoms with E-state index in [9.17, 15) is 29.4 Å². The zero-order valence-electron chi connectivity index (χ0n) is 13.8. The van der Waals surface area contributed by atoms with Crippen LogP contribution >= 0.6 is 0 Å². The lowest BCUT2D eigenvalue weighted by Gasteiger charge is -2.13. The Bertz CT molecular complexity index is 913. The largest absolute Gasteiger partial charge is 0.478 e. The molecule has 0 aliphatic heterocycles. The second kappa shape index (κ2) is 7.47. The van der Waals surface area contributed by atoms with Crippen LogP contribution in [-0.2, 0) is 9.47 Å². The van der Waals surface area contributed by atoms with Crippen LogP contribution in [0.2, 0.25) is 0 Å². The van der Waals surface area contributed by atoms with Gasteiger partial charge in [0.05, 0.1) is 36.5 Å². The molecule has 8 nitrogen and oxygen atoms in total. The Morgan fingerprint density at radius 2 is 1.38 bits per heavy atom. The van der Waals surface area contributed by atoms with Gasteiger partial charge in [0.2, 0.25) is 0 Å². The smallest absolute Gasteiger partial charge is 0.339 e. The van der Waals surface area contributed by atoms with Gasteiger partial charge in [0.15, 0.2) is 0 Å². The lowest BCUT2D eigenvalue weighted by Crippen LogP contribution is -2.13. The van der Waals surface area contributed by atoms with Crippen LogP contribution in [0.25, 0.3) is 11.1 Å². The Morgan fingerprint density at radius 3 is 1.92 bits per heavy atom. The second-order valence-electron chi connectivity index (χ2n) is 5.08. The molecule has 26 heavy (non-hydrogen) atoms. The summed E-state index contributed by atoms with van der Waals surface area (Å²) in [6, 6.07) is 7.91. The fourth-order valence-electron chi connectivity index (χ4n) is 2.47. The van der Waals surface area contributed by atoms with E-state index in [2.05, 4.69) is 9.47 Å². The van der Waals surface area contributed by atoms with Crippen LogP contribution in [0.4, 0.5) is 0 Å². The standard InChI is InChI=1S/C18H14O8/c1-25-17(23)11-7-6-9(8-13(11)16(21)22)10-4-3-5-12(15(19)20)14(10)18(24)26-2/h3-8H,1-2H3,(H,19,20)(H,21,22). The number of carboxylic acids is 2. The first-order valence-electron chi connectivity index (χ1n) is 7.22. The molecule has 8 heteroatoms. The van der Waals surface area contributed by atoms with Crippen molar-refractivity contribution >= 4 is 23.9 Å². The number of aromatic carboxylic acids is 2. The molecule has 2 aromatic rings. The van der Waals surface area contributed by atoms with E-state index in [4.69, 9.17) is 0 Å². The summed E-state index contributed by atoms with van der Waals surface area (Å²) in [6.07, 6.45) is 0. The van der Waals surface area contributed by atoms with Crippen LogP contribution in [0, 0.1) is 0 Å². The van der Waals surface area contributed by atoms with Gasteiger partial charge in [-0.25, -0.2) is 19.2 Å². The van der Waals surface area contributed by atoms with Crippen molar-refractivity contribution in [1.82, 2.24) is 0 Å². The van der Waals surface area contributed by atoms with E-state index in [1.54, 1.807) is 0 Å². The molecule has 2 rings (SSSR count). The predicted molar refractivity (Wildman–Crippen MR) is 88.5 cm³/mol. The van der Waals surface area contributed by atoms with Crippen LogP contribution in [-0.4, -0.2) is 48.3 Å². The average molecular weight is 358 g/mol. The zero-order valence-corrected chi connectivity index (χ0v) is 13.8. The Hall–Kier alpha value is -3.68. The molecule has 0 amide bonds. The van der Waals surface area contributed by atoms with Gasteiger partial charge in [0.25, 0.3) is 0 Å². The highest BCUT2D eigenvalue weighted by Crippen LogP contribution is 2.29. The number of hydrogen-bond donors (Lipinski definition) is 2. The molecule has 0 fully saturated rings. The molecule has 0 atom stereocenters. The van der Waals surface area contributed by atoms with Gasteiger partial charge in [-0.15, -0.1) is 0 Å². The zero-order chi connectivity index (χ0) is 19.4. The molecule has 0 radical (unpaired) electrons. The number of methoxy groups -OCH3 is 2. The van der Waals surface area contributed by atoms with Gasteiger partial charge in [0.1, 0.15) is 0 Å². The molecule has 0 bridgehead atoms. The summed E-state index contributed by atoms with van der Waals surface area (Å²) in [6.45, 7) is 0. The fraction of sp³-hybridized carbons (Fsp3) is 0.111. The van der Waals surface area contributed by atoms with Gasteiger partial charge < -0.3 is 19.7 Å². The number of carboxylic acid groups (broad SMARTS) is 2. The van der Waals surface area contributed by atoms with E-state index >= 15 is 0 Å². The lowest BCUT2D eigenvalue weighted by molar-refractivity contribution is 0.0579. The van der Waals surface area contributed by atoms with Crippen LogP contribution in [0.1, 0.15) is 41.4 Å². The van der Waals surface area contributed by atoms with Crippen molar-refractivity contribution in [2.75, 3.05) is 14.2 Å². The molecule has 0 saturated heterocycles. The molecule has 0 aromatic heterocycles. The Balaban J connectivity index is 2.76. The van der Waals surface area contributed by atoms with Crippen LogP contribution in [0.5, 0.6) is 0 Å². The maximum absolute atomic E-state index is 12.1. The Kier molecular flexibility index (Phi) is 5.36. The number of benzene rings is 2. The summed E-state index contributed by atoms with van der Waals surface area (Å²) in [5, 5.41) is 18.7. The van der Waals surface area contributed by atoms with Gasteiger partial charge in [-0.1, -0.05) is 18.2 Å². The van der Waals surface area contributed by atoms with Crippen molar-refractivity contribution in [2.24, 2.45) is 0 Å². The highest BCUT2D eigenvalue weighted by atomic mass is 16.5. The Morgan fingerprint density at radius 1 is 0.769 bits per heavy atom. The summed E-state index contributed by atoms with van der Waals surface area (Å²) in [5.41, 5.74) is -0.620. The monoisotopic (exact) mass is 358 g/mol. The molecule has 0 aliphatic carbocycles. The Labute approximate surface area is 147 Å². The average Bonchev–Trinajstić information content (AvgIpc) is 2.65. The minimum absolute atomic E-state index is 0.163. The van der Waals surface area contributed by atoms with Crippen LogP contribution in [0.15, 0.2) is 36.4 Å². The predicted octanol–water partition coefficient (Wildman–Crippen LogP) is 2.32. The molecule has 0 saturated carbocycles. The van der Waals surface area contributed by atoms with Gasteiger partial charge in [0, 0.05) is 0 Å². The van der Waals surface area contributed by atoms with Crippen molar-refractivity contribution in [1.29, 1.82) is 0 Å². The maximum Gasteiger partial charge on any atom is 0.339 e. The van der Waals surface area contributed by atoms with Gasteiger partial charge in [-0.05, 0) is 29.3 Å². The normalized spacial score (nSPS) is 10.1. The van der Waals surface area contributed by atoms with E-state index in [0.29, 0.717) is 0 Å². The first-order valence-corrected chi connectivity index (χ1v) is 7.22. The van der Waals surface area contributed by atoms with E-state index in [1.165, 1.54) is 36.4 Å². The van der Waals surface area contributed by atoms with Crippen molar-refractivity contribution in [3.8, 4) is 11.1 Å². The number of ether oxygens (including phenoxy) is 2. The fourth-order valence-corrected chi connectivity index (χ4v) is 2.47. The van der Waals surface area contributed by atoms with Crippen molar-refractivity contribution in [2.45, 2.75) is 0 Å². The molecule has 134 valence electrons. The minimum Gasteiger partial charge on any atom is -0.478 e. The number of hydrogen-bond acceptors (Lipinski definition) is 6. The molecule has 0 aliphatic rings. The first kappa shape index (κ1) is 18.7. The molecule has 0 spiro atoms. The van der Waals surface area contributed by atoms with E-state index in [-0.39, 0.29) is 33.4 Å². The molecule has 0 unspecified atom stereocenters. The summed E-state index contributed by atoms with van der Waals surface area (Å²) in [5.74, 6) is -4.42. The highest BCUT2D eigenvalue weighted by Gasteiger charge is 2.24. The van der Waals surface area contributed by atoms with E-state index in [0.717, 1.165) is 14.2 Å². The molecular weight excluding hydrogens is 344 g/mol. The topological polar surface area (TPSA) is 127 Å². The van der Waals surface area contributed by atoms with E-state index in [1.807, 2.05) is 0 Å². The van der Waals surface area contributed by atoms with Crippen molar-refractivity contribution in [3.63, 3.8) is 0 Å². The maximum atomic E-state index is 12.1. The summed E-state index contributed by atoms with van der Waals surface area (Å²) in [7, 11) is 2.22. The minimum atomic E-state index is -1.37. The van der Waals surface area contributed by atoms with E-state index < -0.39 is 23.9 Å². The highest BCUT2D eigenvalue weighted by molar-refractivity contribution is 6.08. The van der Waals surface area contributed by atoms with Crippen molar-refractivity contribution < 1.29 is 38.9 Å². The molecule has 0 heterocycles. The molecular formula is C18H14O8. The van der Waals surface area contributed by atoms with Crippen molar-refractivity contribution in [3.05, 3.63) is 58.7 Å². The molecule has 2 aromatic carbocycles. The van der Waals surface area contributed by atoms with Gasteiger partial charge in [-0.2, -0.15) is 0 Å². The third-order valence-electron chi connectivity index (χ3n) is 3.65. The number of rotatable bonds is 5. The molecule has 2 N–H and O–H groups in total. The first-order chi connectivity index (χ1) is 12.3. The number of esters is 2. The third kappa shape index (κ3) is 3.39. The second-order valence-corrected chi connectivity index (χ2v) is 5.08. The summed E-state index contributed by atoms with van der Waals surface area (Å²) in [4.78, 5) is 46.7. The number of carbonyl (C=O) groups is 4. The van der Waals surface area contributed by atoms with Crippen LogP contribution in [0.3, 0.4) is 0 Å². The quantitative estimate of drug-likeness (QED) is 0.780. The van der Waals surface area contributed by atoms with Gasteiger partial charge in [-0.3, -0.25) is 0 Å². The number of carbonyl (C=O) groups excluding carboxylic acids is 2. The lowest BCUT2D eigenvalue weighted by atomic mass is 9.93. The summed E-state index contributed by atoms with van der Waals surface area (Å²) >= 11 is 0. The summed E-state index contributed by atoms with van der Waals surface area (Å²) < 4.78 is 9.20.